The van der Waals surface area contributed by atoms with Crippen molar-refractivity contribution < 1.29 is 19.1 Å². The summed E-state index contributed by atoms with van der Waals surface area (Å²) < 4.78 is 11.0. The molecule has 2 aliphatic heterocycles. The van der Waals surface area contributed by atoms with Crippen LogP contribution in [0, 0.1) is 0 Å². The molecule has 0 spiro atoms. The van der Waals surface area contributed by atoms with Gasteiger partial charge in [-0.1, -0.05) is 0 Å². The van der Waals surface area contributed by atoms with Gasteiger partial charge in [-0.3, -0.25) is 0 Å². The van der Waals surface area contributed by atoms with Gasteiger partial charge in [0.05, 0.1) is 33.9 Å². The highest BCUT2D eigenvalue weighted by molar-refractivity contribution is 14.1. The molecular weight excluding hydrogens is 339 g/mol. The highest BCUT2D eigenvalue weighted by Crippen LogP contribution is 2.26. The van der Waals surface area contributed by atoms with Crippen LogP contribution in [-0.4, -0.2) is 39.6 Å². The van der Waals surface area contributed by atoms with Crippen LogP contribution < -0.4 is 5.32 Å². The summed E-state index contributed by atoms with van der Waals surface area (Å²) in [6.07, 6.45) is -0.546. The van der Waals surface area contributed by atoms with Crippen LogP contribution in [0.2, 0.25) is 0 Å². The van der Waals surface area contributed by atoms with E-state index in [-0.39, 0.29) is 23.3 Å². The number of hydrogen-bond acceptors (Lipinski definition) is 4. The van der Waals surface area contributed by atoms with Gasteiger partial charge in [0.2, 0.25) is 0 Å². The second-order valence-electron chi connectivity index (χ2n) is 5.23. The summed E-state index contributed by atoms with van der Waals surface area (Å²) in [5.74, 6) is 0. The quantitative estimate of drug-likeness (QED) is 0.533. The molecule has 6 nitrogen and oxygen atoms in total. The number of halogens is 1. The molecular formula is C10H17IN2O4. The predicted octanol–water partition coefficient (Wildman–Crippen LogP) is 2.07. The lowest BCUT2D eigenvalue weighted by Crippen LogP contribution is -2.36. The first-order valence-corrected chi connectivity index (χ1v) is 6.18. The lowest BCUT2D eigenvalue weighted by molar-refractivity contribution is 0.171. The van der Waals surface area contributed by atoms with Crippen molar-refractivity contribution in [2.24, 2.45) is 0 Å². The molecule has 2 heterocycles. The van der Waals surface area contributed by atoms with Gasteiger partial charge in [-0.25, -0.2) is 12.7 Å². The molecule has 0 unspecified atom stereocenters. The first kappa shape index (κ1) is 14.3. The van der Waals surface area contributed by atoms with Crippen LogP contribution in [0.25, 0.3) is 0 Å². The maximum absolute atomic E-state index is 10.7. The Balaban J connectivity index is 0.000000171. The van der Waals surface area contributed by atoms with Crippen LogP contribution in [0.3, 0.4) is 0 Å². The molecule has 0 bridgehead atoms. The van der Waals surface area contributed by atoms with E-state index in [0.717, 1.165) is 0 Å². The third-order valence-corrected chi connectivity index (χ3v) is 3.95. The fourth-order valence-corrected chi connectivity index (χ4v) is 1.47. The van der Waals surface area contributed by atoms with Gasteiger partial charge in [0.25, 0.3) is 0 Å². The number of cyclic esters (lactones) is 2. The molecule has 98 valence electrons. The molecule has 0 aromatic carbocycles. The van der Waals surface area contributed by atoms with E-state index in [4.69, 9.17) is 4.74 Å². The number of alkyl carbamates (subject to hydrolysis) is 1. The number of nitrogens with one attached hydrogen (secondary N) is 1. The number of rotatable bonds is 0. The molecule has 2 fully saturated rings. The van der Waals surface area contributed by atoms with Crippen molar-refractivity contribution in [2.75, 3.05) is 13.2 Å². The van der Waals surface area contributed by atoms with E-state index in [2.05, 4.69) is 10.1 Å². The van der Waals surface area contributed by atoms with Crippen molar-refractivity contribution in [3.63, 3.8) is 0 Å². The summed E-state index contributed by atoms with van der Waals surface area (Å²) >= 11 is 1.96. The predicted molar refractivity (Wildman–Crippen MR) is 69.8 cm³/mol. The van der Waals surface area contributed by atoms with Crippen LogP contribution in [0.1, 0.15) is 27.7 Å². The van der Waals surface area contributed by atoms with Crippen LogP contribution >= 0.6 is 22.9 Å². The molecule has 0 saturated carbocycles. The average Bonchev–Trinajstić information content (AvgIpc) is 2.62. The van der Waals surface area contributed by atoms with E-state index in [1.807, 2.05) is 50.6 Å². The molecule has 2 rings (SSSR count). The minimum atomic E-state index is -0.310. The first-order valence-electron chi connectivity index (χ1n) is 5.22. The molecule has 2 amide bonds. The first-order chi connectivity index (χ1) is 7.64. The number of carbonyl (C=O) groups excluding carboxylic acids is 2. The Labute approximate surface area is 114 Å². The smallest absolute Gasteiger partial charge is 0.419 e. The Bertz CT molecular complexity index is 330. The number of ether oxygens (including phenoxy) is 2. The summed E-state index contributed by atoms with van der Waals surface area (Å²) in [6, 6.07) is 0. The molecule has 0 radical (unpaired) electrons. The molecule has 7 heteroatoms. The van der Waals surface area contributed by atoms with Crippen LogP contribution in [-0.2, 0) is 9.47 Å². The van der Waals surface area contributed by atoms with Gasteiger partial charge in [-0.15, -0.1) is 0 Å². The van der Waals surface area contributed by atoms with Gasteiger partial charge in [-0.05, 0) is 27.7 Å². The summed E-state index contributed by atoms with van der Waals surface area (Å²) in [5.41, 5.74) is -0.283. The monoisotopic (exact) mass is 356 g/mol. The van der Waals surface area contributed by atoms with Crippen LogP contribution in [0.15, 0.2) is 0 Å². The van der Waals surface area contributed by atoms with E-state index in [1.54, 1.807) is 3.11 Å². The van der Waals surface area contributed by atoms with Crippen molar-refractivity contribution in [3.8, 4) is 0 Å². The Hall–Kier alpha value is -0.730. The molecule has 2 aliphatic rings. The third-order valence-electron chi connectivity index (χ3n) is 2.25. The van der Waals surface area contributed by atoms with E-state index in [1.165, 1.54) is 0 Å². The molecule has 1 N–H and O–H groups in total. The number of carbonyl (C=O) groups is 2. The minimum absolute atomic E-state index is 0.127. The zero-order valence-electron chi connectivity index (χ0n) is 10.4. The normalized spacial score (nSPS) is 24.4. The number of amides is 2. The third kappa shape index (κ3) is 3.90. The van der Waals surface area contributed by atoms with E-state index in [9.17, 15) is 9.59 Å². The van der Waals surface area contributed by atoms with Gasteiger partial charge in [-0.2, -0.15) is 0 Å². The van der Waals surface area contributed by atoms with Crippen LogP contribution in [0.5, 0.6) is 0 Å². The van der Waals surface area contributed by atoms with Gasteiger partial charge in [0, 0.05) is 0 Å². The zero-order chi connectivity index (χ0) is 13.3. The maximum atomic E-state index is 10.7. The Morgan fingerprint density at radius 3 is 1.88 bits per heavy atom. The summed E-state index contributed by atoms with van der Waals surface area (Å²) in [5, 5.41) is 2.63. The largest absolute Gasteiger partial charge is 0.447 e. The van der Waals surface area contributed by atoms with Crippen molar-refractivity contribution in [3.05, 3.63) is 0 Å². The average molecular weight is 356 g/mol. The minimum Gasteiger partial charge on any atom is -0.447 e. The Kier molecular flexibility index (Phi) is 4.11. The lowest BCUT2D eigenvalue weighted by atomic mass is 10.1. The van der Waals surface area contributed by atoms with Gasteiger partial charge >= 0.3 is 12.2 Å². The zero-order valence-corrected chi connectivity index (χ0v) is 12.5. The van der Waals surface area contributed by atoms with E-state index < -0.39 is 0 Å². The molecule has 0 aliphatic carbocycles. The van der Waals surface area contributed by atoms with Crippen LogP contribution in [0.4, 0.5) is 9.59 Å². The second-order valence-corrected chi connectivity index (χ2v) is 6.20. The summed E-state index contributed by atoms with van der Waals surface area (Å²) in [6.45, 7) is 8.73. The molecule has 0 aromatic rings. The lowest BCUT2D eigenvalue weighted by Gasteiger charge is -2.19. The van der Waals surface area contributed by atoms with E-state index in [0.29, 0.717) is 13.2 Å². The molecule has 0 aromatic heterocycles. The Morgan fingerprint density at radius 2 is 1.76 bits per heavy atom. The molecule has 17 heavy (non-hydrogen) atoms. The summed E-state index contributed by atoms with van der Waals surface area (Å²) in [4.78, 5) is 21.0. The van der Waals surface area contributed by atoms with Crippen molar-refractivity contribution in [2.45, 2.75) is 38.8 Å². The molecule has 2 saturated heterocycles. The fraction of sp³-hybridized carbons (Fsp3) is 0.800. The van der Waals surface area contributed by atoms with E-state index >= 15 is 0 Å². The highest BCUT2D eigenvalue weighted by atomic mass is 127. The second kappa shape index (κ2) is 4.87. The van der Waals surface area contributed by atoms with Gasteiger partial charge < -0.3 is 14.8 Å². The topological polar surface area (TPSA) is 67.9 Å². The van der Waals surface area contributed by atoms with Gasteiger partial charge in [0.1, 0.15) is 13.2 Å². The summed E-state index contributed by atoms with van der Waals surface area (Å²) in [7, 11) is 0. The standard InChI is InChI=1S/C5H8INO2.C5H9NO2/c1-5(2)3-9-4(8)7(5)6;1-5(2)3-8-4(7)6-5/h3H2,1-2H3;3H2,1-2H3,(H,6,7). The maximum Gasteiger partial charge on any atom is 0.419 e. The fourth-order valence-electron chi connectivity index (χ4n) is 1.19. The van der Waals surface area contributed by atoms with Crippen molar-refractivity contribution in [1.82, 2.24) is 8.43 Å². The number of hydrogen-bond donors (Lipinski definition) is 1. The Morgan fingerprint density at radius 1 is 1.18 bits per heavy atom. The highest BCUT2D eigenvalue weighted by Gasteiger charge is 2.38. The van der Waals surface area contributed by atoms with Gasteiger partial charge in [0.15, 0.2) is 0 Å². The van der Waals surface area contributed by atoms with Crippen molar-refractivity contribution in [1.29, 1.82) is 0 Å². The van der Waals surface area contributed by atoms with Crippen molar-refractivity contribution >= 4 is 35.1 Å². The number of nitrogens with zero attached hydrogens (tertiary/aromatic N) is 1. The SMILES string of the molecule is CC1(C)COC(=O)N1.CC1(C)COC(=O)N1I. The molecule has 0 atom stereocenters.